The van der Waals surface area contributed by atoms with Crippen LogP contribution in [-0.2, 0) is 4.74 Å². The molecule has 7 heteroatoms. The van der Waals surface area contributed by atoms with E-state index in [4.69, 9.17) is 16.3 Å². The Balaban J connectivity index is 1.44. The highest BCUT2D eigenvalue weighted by Gasteiger charge is 2.24. The first-order chi connectivity index (χ1) is 12.0. The Morgan fingerprint density at radius 3 is 2.80 bits per heavy atom. The van der Waals surface area contributed by atoms with Crippen molar-refractivity contribution in [2.45, 2.75) is 44.8 Å². The first kappa shape index (κ1) is 18.4. The average molecular weight is 370 g/mol. The van der Waals surface area contributed by atoms with Crippen molar-refractivity contribution in [3.63, 3.8) is 0 Å². The van der Waals surface area contributed by atoms with Gasteiger partial charge in [0.05, 0.1) is 16.8 Å². The van der Waals surface area contributed by atoms with Gasteiger partial charge in [-0.15, -0.1) is 0 Å². The van der Waals surface area contributed by atoms with Crippen molar-refractivity contribution >= 4 is 23.3 Å². The van der Waals surface area contributed by atoms with E-state index in [9.17, 15) is 9.18 Å². The summed E-state index contributed by atoms with van der Waals surface area (Å²) in [5.74, 6) is -0.380. The highest BCUT2D eigenvalue weighted by atomic mass is 35.5. The van der Waals surface area contributed by atoms with Crippen LogP contribution in [0.15, 0.2) is 12.1 Å². The van der Waals surface area contributed by atoms with Gasteiger partial charge in [0, 0.05) is 32.3 Å². The van der Waals surface area contributed by atoms with E-state index in [1.165, 1.54) is 6.07 Å². The number of ether oxygens (including phenoxy) is 1. The van der Waals surface area contributed by atoms with E-state index < -0.39 is 0 Å². The maximum absolute atomic E-state index is 13.4. The van der Waals surface area contributed by atoms with Crippen LogP contribution in [0.3, 0.4) is 0 Å². The second-order valence-electron chi connectivity index (χ2n) is 6.89. The molecule has 1 unspecified atom stereocenters. The summed E-state index contributed by atoms with van der Waals surface area (Å²) >= 11 is 5.99. The predicted octanol–water partition coefficient (Wildman–Crippen LogP) is 3.55. The van der Waals surface area contributed by atoms with Gasteiger partial charge in [-0.3, -0.25) is 0 Å². The number of piperidine rings is 1. The first-order valence-corrected chi connectivity index (χ1v) is 9.26. The van der Waals surface area contributed by atoms with E-state index in [-0.39, 0.29) is 22.9 Å². The number of aryl methyl sites for hydroxylation is 1. The van der Waals surface area contributed by atoms with Crippen LogP contribution in [0.2, 0.25) is 5.02 Å². The minimum atomic E-state index is -0.380. The van der Waals surface area contributed by atoms with Crippen molar-refractivity contribution in [1.82, 2.24) is 10.2 Å². The number of rotatable bonds is 4. The average Bonchev–Trinajstić information content (AvgIpc) is 3.07. The molecule has 2 N–H and O–H groups in total. The number of amides is 2. The van der Waals surface area contributed by atoms with E-state index in [2.05, 4.69) is 15.5 Å². The minimum absolute atomic E-state index is 0.140. The molecule has 2 saturated heterocycles. The van der Waals surface area contributed by atoms with Crippen molar-refractivity contribution in [2.75, 3.05) is 31.6 Å². The quantitative estimate of drug-likeness (QED) is 0.853. The smallest absolute Gasteiger partial charge is 0.319 e. The summed E-state index contributed by atoms with van der Waals surface area (Å²) in [5.41, 5.74) is 0.871. The Labute approximate surface area is 152 Å². The molecule has 2 aliphatic heterocycles. The molecule has 5 nitrogen and oxygen atoms in total. The standard InChI is InChI=1S/C18H25ClFN3O2/c1-12-9-17(15(19)10-16(12)20)22-18(24)21-13-4-6-23(7-5-13)11-14-3-2-8-25-14/h9-10,13-14H,2-8,11H2,1H3,(H2,21,22,24). The van der Waals surface area contributed by atoms with Gasteiger partial charge in [-0.1, -0.05) is 11.6 Å². The molecule has 2 amide bonds. The van der Waals surface area contributed by atoms with Crippen molar-refractivity contribution in [3.8, 4) is 0 Å². The number of urea groups is 1. The Morgan fingerprint density at radius 1 is 1.36 bits per heavy atom. The molecule has 1 aromatic rings. The number of anilines is 1. The van der Waals surface area contributed by atoms with E-state index in [1.807, 2.05) is 0 Å². The normalized spacial score (nSPS) is 22.1. The minimum Gasteiger partial charge on any atom is -0.377 e. The number of halogens is 2. The summed E-state index contributed by atoms with van der Waals surface area (Å²) in [6, 6.07) is 2.60. The van der Waals surface area contributed by atoms with Gasteiger partial charge in [0.1, 0.15) is 5.82 Å². The van der Waals surface area contributed by atoms with Gasteiger partial charge in [-0.25, -0.2) is 9.18 Å². The number of carbonyl (C=O) groups is 1. The molecule has 3 rings (SSSR count). The van der Waals surface area contributed by atoms with Gasteiger partial charge in [0.15, 0.2) is 0 Å². The largest absolute Gasteiger partial charge is 0.377 e. The second kappa shape index (κ2) is 8.34. The number of hydrogen-bond donors (Lipinski definition) is 2. The third-order valence-electron chi connectivity index (χ3n) is 4.91. The lowest BCUT2D eigenvalue weighted by atomic mass is 10.0. The lowest BCUT2D eigenvalue weighted by Crippen LogP contribution is -2.47. The maximum atomic E-state index is 13.4. The van der Waals surface area contributed by atoms with Crippen molar-refractivity contribution in [3.05, 3.63) is 28.5 Å². The molecule has 0 aliphatic carbocycles. The summed E-state index contributed by atoms with van der Waals surface area (Å²) in [6.45, 7) is 5.43. The second-order valence-corrected chi connectivity index (χ2v) is 7.30. The molecule has 0 aromatic heterocycles. The molecule has 0 saturated carbocycles. The van der Waals surface area contributed by atoms with Crippen LogP contribution in [0.5, 0.6) is 0 Å². The zero-order valence-electron chi connectivity index (χ0n) is 14.5. The van der Waals surface area contributed by atoms with Crippen LogP contribution in [0.1, 0.15) is 31.2 Å². The molecule has 0 spiro atoms. The SMILES string of the molecule is Cc1cc(NC(=O)NC2CCN(CC3CCCO3)CC2)c(Cl)cc1F. The monoisotopic (exact) mass is 369 g/mol. The summed E-state index contributed by atoms with van der Waals surface area (Å²) < 4.78 is 19.1. The topological polar surface area (TPSA) is 53.6 Å². The fourth-order valence-corrected chi connectivity index (χ4v) is 3.63. The summed E-state index contributed by atoms with van der Waals surface area (Å²) in [4.78, 5) is 14.6. The van der Waals surface area contributed by atoms with Crippen LogP contribution in [0.25, 0.3) is 0 Å². The maximum Gasteiger partial charge on any atom is 0.319 e. The van der Waals surface area contributed by atoms with Gasteiger partial charge >= 0.3 is 6.03 Å². The highest BCUT2D eigenvalue weighted by molar-refractivity contribution is 6.33. The van der Waals surface area contributed by atoms with Crippen LogP contribution in [0.4, 0.5) is 14.9 Å². The Bertz CT molecular complexity index is 615. The summed E-state index contributed by atoms with van der Waals surface area (Å²) in [6.07, 6.45) is 4.51. The van der Waals surface area contributed by atoms with Crippen LogP contribution in [0, 0.1) is 12.7 Å². The van der Waals surface area contributed by atoms with Crippen LogP contribution >= 0.6 is 11.6 Å². The van der Waals surface area contributed by atoms with Gasteiger partial charge in [0.25, 0.3) is 0 Å². The summed E-state index contributed by atoms with van der Waals surface area (Å²) in [7, 11) is 0. The highest BCUT2D eigenvalue weighted by Crippen LogP contribution is 2.25. The molecule has 1 aromatic carbocycles. The van der Waals surface area contributed by atoms with E-state index in [0.717, 1.165) is 51.9 Å². The number of hydrogen-bond acceptors (Lipinski definition) is 3. The molecule has 2 heterocycles. The Kier molecular flexibility index (Phi) is 6.15. The number of carbonyl (C=O) groups excluding carboxylic acids is 1. The number of nitrogens with one attached hydrogen (secondary N) is 2. The molecule has 2 aliphatic rings. The molecular weight excluding hydrogens is 345 g/mol. The van der Waals surface area contributed by atoms with Gasteiger partial charge in [0.2, 0.25) is 0 Å². The predicted molar refractivity (Wildman–Crippen MR) is 96.7 cm³/mol. The zero-order chi connectivity index (χ0) is 17.8. The summed E-state index contributed by atoms with van der Waals surface area (Å²) in [5, 5.41) is 5.89. The lowest BCUT2D eigenvalue weighted by Gasteiger charge is -2.33. The third-order valence-corrected chi connectivity index (χ3v) is 5.22. The molecule has 0 bridgehead atoms. The number of likely N-dealkylation sites (tertiary alicyclic amines) is 1. The van der Waals surface area contributed by atoms with Crippen LogP contribution < -0.4 is 10.6 Å². The third kappa shape index (κ3) is 5.06. The molecule has 138 valence electrons. The van der Waals surface area contributed by atoms with Gasteiger partial charge < -0.3 is 20.3 Å². The fourth-order valence-electron chi connectivity index (χ4n) is 3.43. The van der Waals surface area contributed by atoms with Crippen molar-refractivity contribution in [1.29, 1.82) is 0 Å². The molecular formula is C18H25ClFN3O2. The Morgan fingerprint density at radius 2 is 2.12 bits per heavy atom. The molecule has 1 atom stereocenters. The lowest BCUT2D eigenvalue weighted by molar-refractivity contribution is 0.0633. The first-order valence-electron chi connectivity index (χ1n) is 8.88. The molecule has 2 fully saturated rings. The number of nitrogens with zero attached hydrogens (tertiary/aromatic N) is 1. The molecule has 0 radical (unpaired) electrons. The Hall–Kier alpha value is -1.37. The fraction of sp³-hybridized carbons (Fsp3) is 0.611. The van der Waals surface area contributed by atoms with Crippen molar-refractivity contribution in [2.24, 2.45) is 0 Å². The van der Waals surface area contributed by atoms with Crippen LogP contribution in [-0.4, -0.2) is 49.3 Å². The zero-order valence-corrected chi connectivity index (χ0v) is 15.2. The number of benzene rings is 1. The molecule has 25 heavy (non-hydrogen) atoms. The van der Waals surface area contributed by atoms with E-state index in [1.54, 1.807) is 13.0 Å². The van der Waals surface area contributed by atoms with Gasteiger partial charge in [-0.2, -0.15) is 0 Å². The van der Waals surface area contributed by atoms with Crippen molar-refractivity contribution < 1.29 is 13.9 Å². The van der Waals surface area contributed by atoms with E-state index >= 15 is 0 Å². The van der Waals surface area contributed by atoms with E-state index in [0.29, 0.717) is 17.4 Å². The van der Waals surface area contributed by atoms with Gasteiger partial charge in [-0.05, 0) is 50.3 Å².